The normalized spacial score (nSPS) is 15.5. The van der Waals surface area contributed by atoms with Crippen LogP contribution in [-0.4, -0.2) is 57.3 Å². The minimum Gasteiger partial charge on any atom is -0.343 e. The zero-order chi connectivity index (χ0) is 17.5. The molecule has 0 N–H and O–H groups in total. The third-order valence-corrected chi connectivity index (χ3v) is 4.71. The summed E-state index contributed by atoms with van der Waals surface area (Å²) in [5.74, 6) is 0.662. The molecule has 0 saturated carbocycles. The van der Waals surface area contributed by atoms with Crippen molar-refractivity contribution < 1.29 is 4.79 Å². The number of aromatic nitrogens is 3. The van der Waals surface area contributed by atoms with E-state index in [4.69, 9.17) is 0 Å². The molecule has 25 heavy (non-hydrogen) atoms. The van der Waals surface area contributed by atoms with Gasteiger partial charge in [-0.3, -0.25) is 19.7 Å². The highest BCUT2D eigenvalue weighted by Gasteiger charge is 2.24. The number of piperidine rings is 1. The zero-order valence-electron chi connectivity index (χ0n) is 14.7. The second-order valence-corrected chi connectivity index (χ2v) is 6.59. The molecule has 0 atom stereocenters. The first-order chi connectivity index (χ1) is 12.2. The van der Waals surface area contributed by atoms with E-state index >= 15 is 0 Å². The fraction of sp³-hybridized carbons (Fsp3) is 0.474. The average molecular weight is 339 g/mol. The molecule has 1 saturated heterocycles. The summed E-state index contributed by atoms with van der Waals surface area (Å²) in [6, 6.07) is 5.91. The Labute approximate surface area is 148 Å². The van der Waals surface area contributed by atoms with Gasteiger partial charge in [0.2, 0.25) is 5.91 Å². The molecule has 3 rings (SSSR count). The van der Waals surface area contributed by atoms with Crippen LogP contribution in [0.15, 0.2) is 43.0 Å². The lowest BCUT2D eigenvalue weighted by Gasteiger charge is -2.32. The molecule has 2 aromatic heterocycles. The summed E-state index contributed by atoms with van der Waals surface area (Å²) in [6.07, 6.45) is 9.57. The Kier molecular flexibility index (Phi) is 6.06. The predicted octanol–water partition coefficient (Wildman–Crippen LogP) is 2.10. The first-order valence-electron chi connectivity index (χ1n) is 8.84. The maximum Gasteiger partial charge on any atom is 0.223 e. The third-order valence-electron chi connectivity index (χ3n) is 4.71. The van der Waals surface area contributed by atoms with Gasteiger partial charge in [0, 0.05) is 63.3 Å². The minimum absolute atomic E-state index is 0.241. The van der Waals surface area contributed by atoms with Gasteiger partial charge in [-0.15, -0.1) is 0 Å². The molecule has 0 radical (unpaired) electrons. The number of amides is 1. The monoisotopic (exact) mass is 339 g/mol. The van der Waals surface area contributed by atoms with Gasteiger partial charge in [0.05, 0.1) is 11.4 Å². The Morgan fingerprint density at radius 2 is 2.04 bits per heavy atom. The number of likely N-dealkylation sites (tertiary alicyclic amines) is 1. The molecular formula is C19H25N5O. The van der Waals surface area contributed by atoms with Gasteiger partial charge >= 0.3 is 0 Å². The minimum atomic E-state index is 0.241. The first kappa shape index (κ1) is 17.5. The van der Waals surface area contributed by atoms with Gasteiger partial charge in [-0.25, -0.2) is 0 Å². The first-order valence-corrected chi connectivity index (χ1v) is 8.84. The summed E-state index contributed by atoms with van der Waals surface area (Å²) < 4.78 is 0. The van der Waals surface area contributed by atoms with Crippen LogP contribution in [0.4, 0.5) is 0 Å². The van der Waals surface area contributed by atoms with Crippen LogP contribution >= 0.6 is 0 Å². The van der Waals surface area contributed by atoms with Crippen molar-refractivity contribution in [3.63, 3.8) is 0 Å². The largest absolute Gasteiger partial charge is 0.343 e. The van der Waals surface area contributed by atoms with Gasteiger partial charge in [0.15, 0.2) is 0 Å². The summed E-state index contributed by atoms with van der Waals surface area (Å²) in [5.41, 5.74) is 2.08. The molecule has 0 aliphatic carbocycles. The lowest BCUT2D eigenvalue weighted by molar-refractivity contribution is -0.132. The summed E-state index contributed by atoms with van der Waals surface area (Å²) in [5, 5.41) is 0. The lowest BCUT2D eigenvalue weighted by atomic mass is 9.93. The number of carbonyl (C=O) groups excluding carboxylic acids is 1. The molecule has 1 fully saturated rings. The van der Waals surface area contributed by atoms with E-state index in [0.717, 1.165) is 50.4 Å². The van der Waals surface area contributed by atoms with Crippen molar-refractivity contribution in [1.82, 2.24) is 24.8 Å². The summed E-state index contributed by atoms with van der Waals surface area (Å²) >= 11 is 0. The number of nitrogens with zero attached hydrogens (tertiary/aromatic N) is 5. The molecule has 0 unspecified atom stereocenters. The van der Waals surface area contributed by atoms with Crippen molar-refractivity contribution in [2.45, 2.75) is 31.7 Å². The fourth-order valence-corrected chi connectivity index (χ4v) is 3.24. The number of carbonyl (C=O) groups is 1. The van der Waals surface area contributed by atoms with E-state index in [0.29, 0.717) is 12.3 Å². The van der Waals surface area contributed by atoms with Gasteiger partial charge in [0.1, 0.15) is 0 Å². The highest BCUT2D eigenvalue weighted by atomic mass is 16.2. The molecule has 0 spiro atoms. The van der Waals surface area contributed by atoms with Gasteiger partial charge in [-0.2, -0.15) is 0 Å². The maximum atomic E-state index is 12.5. The molecule has 0 aromatic carbocycles. The summed E-state index contributed by atoms with van der Waals surface area (Å²) in [6.45, 7) is 3.14. The molecule has 3 heterocycles. The number of hydrogen-bond acceptors (Lipinski definition) is 5. The van der Waals surface area contributed by atoms with Gasteiger partial charge in [0.25, 0.3) is 0 Å². The molecule has 6 heteroatoms. The zero-order valence-corrected chi connectivity index (χ0v) is 14.7. The molecule has 1 amide bonds. The Morgan fingerprint density at radius 1 is 1.20 bits per heavy atom. The van der Waals surface area contributed by atoms with E-state index in [1.807, 2.05) is 36.3 Å². The van der Waals surface area contributed by atoms with E-state index < -0.39 is 0 Å². The van der Waals surface area contributed by atoms with E-state index in [1.54, 1.807) is 18.6 Å². The summed E-state index contributed by atoms with van der Waals surface area (Å²) in [4.78, 5) is 29.4. The number of pyridine rings is 1. The predicted molar refractivity (Wildman–Crippen MR) is 95.8 cm³/mol. The lowest BCUT2D eigenvalue weighted by Crippen LogP contribution is -2.39. The Hall–Kier alpha value is -2.34. The van der Waals surface area contributed by atoms with E-state index in [2.05, 4.69) is 19.9 Å². The maximum absolute atomic E-state index is 12.5. The van der Waals surface area contributed by atoms with Crippen molar-refractivity contribution in [2.24, 2.45) is 0 Å². The molecule has 1 aliphatic rings. The SMILES string of the molecule is CN(CCC(=O)N1CCC(c2cnccn2)CC1)Cc1ccccn1. The van der Waals surface area contributed by atoms with Crippen molar-refractivity contribution in [1.29, 1.82) is 0 Å². The van der Waals surface area contributed by atoms with E-state index in [-0.39, 0.29) is 5.91 Å². The Bertz CT molecular complexity index is 656. The topological polar surface area (TPSA) is 62.2 Å². The van der Waals surface area contributed by atoms with Crippen LogP contribution in [0.1, 0.15) is 36.6 Å². The highest BCUT2D eigenvalue weighted by Crippen LogP contribution is 2.26. The second-order valence-electron chi connectivity index (χ2n) is 6.59. The van der Waals surface area contributed by atoms with Gasteiger partial charge < -0.3 is 9.80 Å². The summed E-state index contributed by atoms with van der Waals surface area (Å²) in [7, 11) is 2.03. The van der Waals surface area contributed by atoms with Crippen molar-refractivity contribution in [2.75, 3.05) is 26.7 Å². The van der Waals surface area contributed by atoms with Crippen molar-refractivity contribution in [3.05, 3.63) is 54.4 Å². The smallest absolute Gasteiger partial charge is 0.223 e. The third kappa shape index (κ3) is 5.06. The molecule has 6 nitrogen and oxygen atoms in total. The van der Waals surface area contributed by atoms with Crippen LogP contribution in [0.5, 0.6) is 0 Å². The van der Waals surface area contributed by atoms with Crippen LogP contribution in [0.2, 0.25) is 0 Å². The van der Waals surface area contributed by atoms with Crippen LogP contribution < -0.4 is 0 Å². The van der Waals surface area contributed by atoms with Crippen molar-refractivity contribution in [3.8, 4) is 0 Å². The van der Waals surface area contributed by atoms with E-state index in [1.165, 1.54) is 0 Å². The van der Waals surface area contributed by atoms with Crippen LogP contribution in [-0.2, 0) is 11.3 Å². The molecule has 2 aromatic rings. The van der Waals surface area contributed by atoms with Crippen LogP contribution in [0.3, 0.4) is 0 Å². The Balaban J connectivity index is 1.40. The molecule has 1 aliphatic heterocycles. The van der Waals surface area contributed by atoms with Gasteiger partial charge in [-0.05, 0) is 32.0 Å². The number of rotatable bonds is 6. The number of hydrogen-bond donors (Lipinski definition) is 0. The second kappa shape index (κ2) is 8.67. The van der Waals surface area contributed by atoms with Crippen LogP contribution in [0.25, 0.3) is 0 Å². The molecule has 132 valence electrons. The molecule has 0 bridgehead atoms. The van der Waals surface area contributed by atoms with Gasteiger partial charge in [-0.1, -0.05) is 6.07 Å². The Morgan fingerprint density at radius 3 is 2.72 bits per heavy atom. The highest BCUT2D eigenvalue weighted by molar-refractivity contribution is 5.76. The quantitative estimate of drug-likeness (QED) is 0.806. The van der Waals surface area contributed by atoms with Crippen LogP contribution in [0, 0.1) is 0 Å². The van der Waals surface area contributed by atoms with Crippen molar-refractivity contribution >= 4 is 5.91 Å². The average Bonchev–Trinajstić information content (AvgIpc) is 2.68. The molecular weight excluding hydrogens is 314 g/mol. The van der Waals surface area contributed by atoms with E-state index in [9.17, 15) is 4.79 Å². The standard InChI is InChI=1S/C19H25N5O/c1-23(15-17-4-2-3-8-21-17)11-7-19(25)24-12-5-16(6-13-24)18-14-20-9-10-22-18/h2-4,8-10,14,16H,5-7,11-13,15H2,1H3. The fourth-order valence-electron chi connectivity index (χ4n) is 3.24.